The number of aryl methyl sites for hydroxylation is 1. The lowest BCUT2D eigenvalue weighted by Crippen LogP contribution is -2.49. The molecule has 1 fully saturated rings. The number of aromatic nitrogens is 3. The normalized spacial score (nSPS) is 15.7. The van der Waals surface area contributed by atoms with E-state index < -0.39 is 5.60 Å². The van der Waals surface area contributed by atoms with E-state index in [0.717, 1.165) is 11.3 Å². The summed E-state index contributed by atoms with van der Waals surface area (Å²) in [6.07, 6.45) is 2.15. The van der Waals surface area contributed by atoms with Gasteiger partial charge in [0.1, 0.15) is 22.6 Å². The van der Waals surface area contributed by atoms with Gasteiger partial charge >= 0.3 is 0 Å². The zero-order chi connectivity index (χ0) is 22.2. The van der Waals surface area contributed by atoms with Crippen LogP contribution in [0.5, 0.6) is 5.75 Å². The number of Topliss-reactive ketones (excluding diaryl/α,β-unsaturated/α-hetero) is 1. The number of aliphatic hydroxyl groups is 1. The summed E-state index contributed by atoms with van der Waals surface area (Å²) in [7, 11) is 1.60. The molecule has 0 spiro atoms. The molecule has 0 unspecified atom stereocenters. The van der Waals surface area contributed by atoms with Crippen LogP contribution in [0.2, 0.25) is 0 Å². The molecule has 3 aromatic rings. The monoisotopic (exact) mass is 423 g/mol. The molecule has 162 valence electrons. The number of nitrogens with zero attached hydrogens (tertiary/aromatic N) is 3. The molecule has 2 aromatic heterocycles. The number of fused-ring (bicyclic) bond motifs is 1. The van der Waals surface area contributed by atoms with Crippen molar-refractivity contribution >= 4 is 34.1 Å². The van der Waals surface area contributed by atoms with Gasteiger partial charge in [-0.3, -0.25) is 9.59 Å². The summed E-state index contributed by atoms with van der Waals surface area (Å²) in [5, 5.41) is 14.0. The molecule has 9 heteroatoms. The number of pyridine rings is 1. The number of carbonyl (C=O) groups is 1. The average Bonchev–Trinajstić information content (AvgIpc) is 2.73. The Morgan fingerprint density at radius 3 is 2.68 bits per heavy atom. The third-order valence-corrected chi connectivity index (χ3v) is 5.69. The van der Waals surface area contributed by atoms with Crippen LogP contribution in [0.1, 0.15) is 25.3 Å². The predicted molar refractivity (Wildman–Crippen MR) is 118 cm³/mol. The number of anilines is 3. The van der Waals surface area contributed by atoms with E-state index in [-0.39, 0.29) is 11.3 Å². The number of rotatable bonds is 5. The third-order valence-electron chi connectivity index (χ3n) is 5.69. The molecule has 0 atom stereocenters. The second kappa shape index (κ2) is 7.99. The smallest absolute Gasteiger partial charge is 0.261 e. The minimum atomic E-state index is -1.30. The number of ketones is 1. The molecule has 1 aromatic carbocycles. The van der Waals surface area contributed by atoms with Crippen LogP contribution < -0.4 is 20.5 Å². The number of nitrogens with one attached hydrogen (secondary N) is 2. The van der Waals surface area contributed by atoms with Crippen LogP contribution in [0.3, 0.4) is 0 Å². The van der Waals surface area contributed by atoms with Crippen molar-refractivity contribution in [2.24, 2.45) is 0 Å². The van der Waals surface area contributed by atoms with Crippen molar-refractivity contribution in [2.75, 3.05) is 30.4 Å². The van der Waals surface area contributed by atoms with E-state index in [1.807, 2.05) is 30.0 Å². The van der Waals surface area contributed by atoms with Crippen molar-refractivity contribution in [1.82, 2.24) is 15.0 Å². The maximum Gasteiger partial charge on any atom is 0.261 e. The molecule has 3 N–H and O–H groups in total. The molecule has 1 aliphatic rings. The standard InChI is InChI=1S/C22H25N5O4/c1-13-10-15(12-16(11-13)31-3)24-19-18-17(4-7-23-20(18)29)25-21(26-19)27-8-5-22(30,6-9-27)14(2)28/h4,7,10-12,30H,5-6,8-9H2,1-3H3,(H,23,29)(H,24,25,26). The fourth-order valence-electron chi connectivity index (χ4n) is 3.81. The fraction of sp³-hybridized carbons (Fsp3) is 0.364. The summed E-state index contributed by atoms with van der Waals surface area (Å²) in [6, 6.07) is 7.39. The lowest BCUT2D eigenvalue weighted by Gasteiger charge is -2.36. The van der Waals surface area contributed by atoms with Gasteiger partial charge in [0, 0.05) is 43.9 Å². The van der Waals surface area contributed by atoms with Crippen LogP contribution in [0.4, 0.5) is 17.5 Å². The molecule has 1 aliphatic heterocycles. The summed E-state index contributed by atoms with van der Waals surface area (Å²) in [5.74, 6) is 1.27. The molecule has 0 aliphatic carbocycles. The van der Waals surface area contributed by atoms with E-state index in [1.54, 1.807) is 19.4 Å². The summed E-state index contributed by atoms with van der Waals surface area (Å²) < 4.78 is 5.34. The molecule has 9 nitrogen and oxygen atoms in total. The SMILES string of the molecule is COc1cc(C)cc(Nc2nc(N3CCC(O)(C(C)=O)CC3)nc3cc[nH]c(=O)c23)c1. The van der Waals surface area contributed by atoms with Gasteiger partial charge in [-0.2, -0.15) is 4.98 Å². The zero-order valence-electron chi connectivity index (χ0n) is 17.7. The number of hydrogen-bond acceptors (Lipinski definition) is 8. The first kappa shape index (κ1) is 20.8. The third kappa shape index (κ3) is 4.09. The van der Waals surface area contributed by atoms with Crippen molar-refractivity contribution in [2.45, 2.75) is 32.3 Å². The molecule has 0 amide bonds. The van der Waals surface area contributed by atoms with E-state index in [0.29, 0.717) is 54.3 Å². The minimum absolute atomic E-state index is 0.228. The molecule has 0 radical (unpaired) electrons. The highest BCUT2D eigenvalue weighted by molar-refractivity contribution is 5.91. The molecular formula is C22H25N5O4. The van der Waals surface area contributed by atoms with E-state index in [4.69, 9.17) is 4.74 Å². The zero-order valence-corrected chi connectivity index (χ0v) is 17.7. The number of hydrogen-bond donors (Lipinski definition) is 3. The highest BCUT2D eigenvalue weighted by atomic mass is 16.5. The van der Waals surface area contributed by atoms with Crippen LogP contribution in [0.25, 0.3) is 10.9 Å². The molecule has 0 bridgehead atoms. The van der Waals surface area contributed by atoms with Crippen LogP contribution in [-0.4, -0.2) is 51.6 Å². The Hall–Kier alpha value is -3.46. The first-order chi connectivity index (χ1) is 14.8. The lowest BCUT2D eigenvalue weighted by atomic mass is 9.88. The van der Waals surface area contributed by atoms with Crippen molar-refractivity contribution in [1.29, 1.82) is 0 Å². The van der Waals surface area contributed by atoms with Crippen molar-refractivity contribution in [3.05, 3.63) is 46.4 Å². The van der Waals surface area contributed by atoms with Crippen molar-refractivity contribution in [3.63, 3.8) is 0 Å². The summed E-state index contributed by atoms with van der Waals surface area (Å²) >= 11 is 0. The predicted octanol–water partition coefficient (Wildman–Crippen LogP) is 2.30. The van der Waals surface area contributed by atoms with E-state index >= 15 is 0 Å². The van der Waals surface area contributed by atoms with Gasteiger partial charge in [-0.25, -0.2) is 4.98 Å². The van der Waals surface area contributed by atoms with Gasteiger partial charge in [0.2, 0.25) is 5.95 Å². The second-order valence-electron chi connectivity index (χ2n) is 7.88. The van der Waals surface area contributed by atoms with Crippen LogP contribution in [0, 0.1) is 6.92 Å². The van der Waals surface area contributed by atoms with Crippen molar-refractivity contribution < 1.29 is 14.6 Å². The number of carbonyl (C=O) groups excluding carboxylic acids is 1. The van der Waals surface area contributed by atoms with Gasteiger partial charge in [0.15, 0.2) is 5.78 Å². The fourth-order valence-corrected chi connectivity index (χ4v) is 3.81. The molecule has 31 heavy (non-hydrogen) atoms. The summed E-state index contributed by atoms with van der Waals surface area (Å²) in [4.78, 5) is 38.1. The lowest BCUT2D eigenvalue weighted by molar-refractivity contribution is -0.137. The van der Waals surface area contributed by atoms with Gasteiger partial charge in [0.25, 0.3) is 5.56 Å². The van der Waals surface area contributed by atoms with Gasteiger partial charge in [0.05, 0.1) is 12.6 Å². The minimum Gasteiger partial charge on any atom is -0.497 e. The van der Waals surface area contributed by atoms with E-state index in [9.17, 15) is 14.7 Å². The highest BCUT2D eigenvalue weighted by Gasteiger charge is 2.37. The number of H-pyrrole nitrogens is 1. The highest BCUT2D eigenvalue weighted by Crippen LogP contribution is 2.30. The Morgan fingerprint density at radius 1 is 1.26 bits per heavy atom. The van der Waals surface area contributed by atoms with Gasteiger partial charge in [-0.15, -0.1) is 0 Å². The number of benzene rings is 1. The second-order valence-corrected chi connectivity index (χ2v) is 7.88. The quantitative estimate of drug-likeness (QED) is 0.572. The van der Waals surface area contributed by atoms with Crippen LogP contribution in [0.15, 0.2) is 35.3 Å². The molecular weight excluding hydrogens is 398 g/mol. The van der Waals surface area contributed by atoms with Gasteiger partial charge < -0.3 is 25.0 Å². The first-order valence-electron chi connectivity index (χ1n) is 10.1. The average molecular weight is 423 g/mol. The van der Waals surface area contributed by atoms with Crippen LogP contribution >= 0.6 is 0 Å². The topological polar surface area (TPSA) is 120 Å². The summed E-state index contributed by atoms with van der Waals surface area (Å²) in [6.45, 7) is 4.23. The molecule has 1 saturated heterocycles. The Kier molecular flexibility index (Phi) is 5.36. The van der Waals surface area contributed by atoms with E-state index in [2.05, 4.69) is 20.3 Å². The largest absolute Gasteiger partial charge is 0.497 e. The van der Waals surface area contributed by atoms with Crippen LogP contribution in [-0.2, 0) is 4.79 Å². The van der Waals surface area contributed by atoms with Crippen molar-refractivity contribution in [3.8, 4) is 5.75 Å². The number of piperidine rings is 1. The Balaban J connectivity index is 1.74. The Labute approximate surface area is 179 Å². The number of aromatic amines is 1. The van der Waals surface area contributed by atoms with Gasteiger partial charge in [-0.05, 0) is 37.6 Å². The summed E-state index contributed by atoms with van der Waals surface area (Å²) in [5.41, 5.74) is 0.632. The molecule has 4 rings (SSSR count). The maximum absolute atomic E-state index is 12.5. The Morgan fingerprint density at radius 2 is 2.00 bits per heavy atom. The molecule has 3 heterocycles. The maximum atomic E-state index is 12.5. The Bertz CT molecular complexity index is 1200. The number of methoxy groups -OCH3 is 1. The molecule has 0 saturated carbocycles. The van der Waals surface area contributed by atoms with Gasteiger partial charge in [-0.1, -0.05) is 0 Å². The number of ether oxygens (including phenoxy) is 1. The first-order valence-corrected chi connectivity index (χ1v) is 10.1. The van der Waals surface area contributed by atoms with E-state index in [1.165, 1.54) is 6.92 Å².